The number of imide groups is 1. The van der Waals surface area contributed by atoms with Crippen molar-refractivity contribution >= 4 is 23.2 Å². The van der Waals surface area contributed by atoms with Crippen molar-refractivity contribution in [2.24, 2.45) is 0 Å². The van der Waals surface area contributed by atoms with Gasteiger partial charge in [0.2, 0.25) is 5.91 Å². The fraction of sp³-hybridized carbons (Fsp3) is 0.364. The summed E-state index contributed by atoms with van der Waals surface area (Å²) in [6, 6.07) is 13.9. The van der Waals surface area contributed by atoms with Gasteiger partial charge in [0.15, 0.2) is 0 Å². The smallest absolute Gasteiger partial charge is 0.251 e. The van der Waals surface area contributed by atoms with E-state index in [0.29, 0.717) is 44.2 Å². The number of hydrogen-bond acceptors (Lipinski definition) is 6. The number of ether oxygens (including phenoxy) is 1. The molecule has 2 aliphatic rings. The van der Waals surface area contributed by atoms with Gasteiger partial charge in [0.05, 0.1) is 30.4 Å². The third kappa shape index (κ3) is 3.78. The van der Waals surface area contributed by atoms with Crippen LogP contribution in [-0.4, -0.2) is 60.6 Å². The predicted molar refractivity (Wildman–Crippen MR) is 110 cm³/mol. The molecule has 0 unspecified atom stereocenters. The second-order valence-electron chi connectivity index (χ2n) is 7.23. The van der Waals surface area contributed by atoms with Gasteiger partial charge in [-0.25, -0.2) is 4.90 Å². The number of para-hydroxylation sites is 2. The topological polar surface area (TPSA) is 73.3 Å². The van der Waals surface area contributed by atoms with Gasteiger partial charge in [-0.05, 0) is 31.2 Å². The monoisotopic (exact) mass is 395 g/mol. The molecule has 0 radical (unpaired) electrons. The van der Waals surface area contributed by atoms with Crippen LogP contribution in [0.2, 0.25) is 0 Å². The number of phenolic OH excluding ortho intramolecular Hbond substituents is 1. The normalized spacial score (nSPS) is 20.4. The molecular weight excluding hydrogens is 370 g/mol. The zero-order valence-corrected chi connectivity index (χ0v) is 16.5. The van der Waals surface area contributed by atoms with Crippen LogP contribution in [0.5, 0.6) is 11.5 Å². The molecule has 0 aliphatic carbocycles. The molecule has 2 aromatic carbocycles. The summed E-state index contributed by atoms with van der Waals surface area (Å²) in [4.78, 5) is 31.2. The Morgan fingerprint density at radius 3 is 2.52 bits per heavy atom. The van der Waals surface area contributed by atoms with Gasteiger partial charge in [-0.3, -0.25) is 14.5 Å². The molecular formula is C22H25N3O4. The van der Waals surface area contributed by atoms with Gasteiger partial charge in [0.25, 0.3) is 5.91 Å². The number of phenols is 1. The van der Waals surface area contributed by atoms with Crippen LogP contribution in [0.4, 0.5) is 11.4 Å². The summed E-state index contributed by atoms with van der Waals surface area (Å²) in [6.45, 7) is 5.11. The zero-order chi connectivity index (χ0) is 20.4. The van der Waals surface area contributed by atoms with Crippen molar-refractivity contribution in [3.05, 3.63) is 48.5 Å². The summed E-state index contributed by atoms with van der Waals surface area (Å²) in [5, 5.41) is 10.1. The van der Waals surface area contributed by atoms with Crippen LogP contribution in [0.25, 0.3) is 0 Å². The maximum Gasteiger partial charge on any atom is 0.251 e. The Morgan fingerprint density at radius 1 is 1.03 bits per heavy atom. The van der Waals surface area contributed by atoms with E-state index in [4.69, 9.17) is 4.74 Å². The van der Waals surface area contributed by atoms with Crippen LogP contribution in [0.15, 0.2) is 48.5 Å². The third-order valence-corrected chi connectivity index (χ3v) is 5.49. The second kappa shape index (κ2) is 8.13. The van der Waals surface area contributed by atoms with Gasteiger partial charge in [-0.15, -0.1) is 0 Å². The molecule has 29 heavy (non-hydrogen) atoms. The molecule has 0 spiro atoms. The Morgan fingerprint density at radius 2 is 1.79 bits per heavy atom. The lowest BCUT2D eigenvalue weighted by atomic mass is 10.1. The number of aromatic hydroxyl groups is 1. The minimum Gasteiger partial charge on any atom is -0.506 e. The first-order chi connectivity index (χ1) is 14.1. The number of hydrogen-bond donors (Lipinski definition) is 1. The number of nitrogens with zero attached hydrogens (tertiary/aromatic N) is 3. The standard InChI is InChI=1S/C22H25N3O4/c1-2-29-17-7-5-6-16(14-17)25-21(27)15-19(22(25)28)24-12-10-23(11-13-24)18-8-3-4-9-20(18)26/h3-9,14,19,26H,2,10-13,15H2,1H3/t19-/m0/s1. The molecule has 2 aromatic rings. The lowest BCUT2D eigenvalue weighted by Crippen LogP contribution is -2.52. The van der Waals surface area contributed by atoms with Crippen molar-refractivity contribution in [2.45, 2.75) is 19.4 Å². The third-order valence-electron chi connectivity index (χ3n) is 5.49. The second-order valence-corrected chi connectivity index (χ2v) is 7.23. The fourth-order valence-corrected chi connectivity index (χ4v) is 4.06. The van der Waals surface area contributed by atoms with Gasteiger partial charge in [-0.1, -0.05) is 18.2 Å². The highest BCUT2D eigenvalue weighted by atomic mass is 16.5. The predicted octanol–water partition coefficient (Wildman–Crippen LogP) is 2.25. The van der Waals surface area contributed by atoms with E-state index in [1.54, 1.807) is 30.3 Å². The van der Waals surface area contributed by atoms with Gasteiger partial charge in [-0.2, -0.15) is 0 Å². The van der Waals surface area contributed by atoms with Crippen LogP contribution < -0.4 is 14.5 Å². The molecule has 1 N–H and O–H groups in total. The van der Waals surface area contributed by atoms with E-state index in [2.05, 4.69) is 9.80 Å². The van der Waals surface area contributed by atoms with E-state index in [0.717, 1.165) is 5.69 Å². The molecule has 7 heteroatoms. The molecule has 0 aromatic heterocycles. The number of amides is 2. The lowest BCUT2D eigenvalue weighted by Gasteiger charge is -2.38. The summed E-state index contributed by atoms with van der Waals surface area (Å²) in [7, 11) is 0. The summed E-state index contributed by atoms with van der Waals surface area (Å²) in [5.74, 6) is 0.537. The summed E-state index contributed by atoms with van der Waals surface area (Å²) >= 11 is 0. The average molecular weight is 395 g/mol. The Hall–Kier alpha value is -3.06. The van der Waals surface area contributed by atoms with Crippen molar-refractivity contribution in [1.29, 1.82) is 0 Å². The molecule has 2 amide bonds. The summed E-state index contributed by atoms with van der Waals surface area (Å²) in [6.07, 6.45) is 0.189. The lowest BCUT2D eigenvalue weighted by molar-refractivity contribution is -0.123. The highest BCUT2D eigenvalue weighted by Crippen LogP contribution is 2.31. The number of benzene rings is 2. The first-order valence-corrected chi connectivity index (χ1v) is 9.95. The van der Waals surface area contributed by atoms with E-state index in [-0.39, 0.29) is 24.0 Å². The van der Waals surface area contributed by atoms with Gasteiger partial charge in [0, 0.05) is 32.2 Å². The van der Waals surface area contributed by atoms with E-state index >= 15 is 0 Å². The van der Waals surface area contributed by atoms with E-state index < -0.39 is 6.04 Å². The molecule has 2 heterocycles. The van der Waals surface area contributed by atoms with Crippen molar-refractivity contribution in [2.75, 3.05) is 42.6 Å². The minimum atomic E-state index is -0.440. The first kappa shape index (κ1) is 19.3. The van der Waals surface area contributed by atoms with Gasteiger partial charge >= 0.3 is 0 Å². The molecule has 0 saturated carbocycles. The van der Waals surface area contributed by atoms with Gasteiger partial charge < -0.3 is 14.7 Å². The van der Waals surface area contributed by atoms with E-state index in [1.165, 1.54) is 4.90 Å². The Balaban J connectivity index is 1.44. The summed E-state index contributed by atoms with van der Waals surface area (Å²) < 4.78 is 5.50. The first-order valence-electron chi connectivity index (χ1n) is 9.95. The Bertz CT molecular complexity index is 908. The summed E-state index contributed by atoms with van der Waals surface area (Å²) in [5.41, 5.74) is 1.36. The zero-order valence-electron chi connectivity index (χ0n) is 16.5. The van der Waals surface area contributed by atoms with Crippen LogP contribution in [0, 0.1) is 0 Å². The van der Waals surface area contributed by atoms with Crippen LogP contribution in [0.1, 0.15) is 13.3 Å². The molecule has 0 bridgehead atoms. The SMILES string of the molecule is CCOc1cccc(N2C(=O)C[C@H](N3CCN(c4ccccc4O)CC3)C2=O)c1. The maximum absolute atomic E-state index is 13.1. The fourth-order valence-electron chi connectivity index (χ4n) is 4.06. The van der Waals surface area contributed by atoms with Crippen molar-refractivity contribution < 1.29 is 19.4 Å². The Labute approximate surface area is 170 Å². The largest absolute Gasteiger partial charge is 0.506 e. The van der Waals surface area contributed by atoms with Crippen LogP contribution >= 0.6 is 0 Å². The molecule has 4 rings (SSSR count). The number of carbonyl (C=O) groups is 2. The van der Waals surface area contributed by atoms with Gasteiger partial charge in [0.1, 0.15) is 11.5 Å². The van der Waals surface area contributed by atoms with Crippen LogP contribution in [-0.2, 0) is 9.59 Å². The number of piperazine rings is 1. The molecule has 152 valence electrons. The molecule has 2 saturated heterocycles. The minimum absolute atomic E-state index is 0.181. The quantitative estimate of drug-likeness (QED) is 0.783. The highest BCUT2D eigenvalue weighted by molar-refractivity contribution is 6.22. The van der Waals surface area contributed by atoms with E-state index in [9.17, 15) is 14.7 Å². The molecule has 2 aliphatic heterocycles. The van der Waals surface area contributed by atoms with E-state index in [1.807, 2.05) is 25.1 Å². The number of carbonyl (C=O) groups excluding carboxylic acids is 2. The average Bonchev–Trinajstić information content (AvgIpc) is 3.03. The Kier molecular flexibility index (Phi) is 5.40. The molecule has 1 atom stereocenters. The maximum atomic E-state index is 13.1. The molecule has 7 nitrogen and oxygen atoms in total. The van der Waals surface area contributed by atoms with Crippen molar-refractivity contribution in [3.8, 4) is 11.5 Å². The molecule has 2 fully saturated rings. The number of rotatable bonds is 5. The van der Waals surface area contributed by atoms with Crippen molar-refractivity contribution in [3.63, 3.8) is 0 Å². The van der Waals surface area contributed by atoms with Crippen molar-refractivity contribution in [1.82, 2.24) is 4.90 Å². The highest BCUT2D eigenvalue weighted by Gasteiger charge is 2.43. The van der Waals surface area contributed by atoms with Crippen LogP contribution in [0.3, 0.4) is 0 Å². The number of anilines is 2.